The molecule has 0 aliphatic carbocycles. The molecule has 1 heterocycles. The molecule has 7 heteroatoms. The first-order valence-electron chi connectivity index (χ1n) is 5.31. The van der Waals surface area contributed by atoms with Gasteiger partial charge in [0.2, 0.25) is 0 Å². The van der Waals surface area contributed by atoms with E-state index < -0.39 is 0 Å². The number of nitrogens with zero attached hydrogens (tertiary/aromatic N) is 5. The third-order valence-corrected chi connectivity index (χ3v) is 3.02. The molecule has 0 saturated heterocycles. The van der Waals surface area contributed by atoms with Gasteiger partial charge in [-0.05, 0) is 27.6 Å². The average Bonchev–Trinajstić information content (AvgIpc) is 2.40. The number of rotatable bonds is 2. The fourth-order valence-corrected chi connectivity index (χ4v) is 1.70. The predicted molar refractivity (Wildman–Crippen MR) is 72.7 cm³/mol. The van der Waals surface area contributed by atoms with Crippen molar-refractivity contribution in [1.29, 1.82) is 5.26 Å². The number of hydrogen-bond donors (Lipinski definition) is 0. The summed E-state index contributed by atoms with van der Waals surface area (Å²) < 4.78 is 0. The van der Waals surface area contributed by atoms with Crippen molar-refractivity contribution in [2.75, 3.05) is 20.6 Å². The Hall–Kier alpha value is -0.410. The molecule has 0 aromatic carbocycles. The molecule has 17 heavy (non-hydrogen) atoms. The summed E-state index contributed by atoms with van der Waals surface area (Å²) in [6.07, 6.45) is 1.01. The maximum absolute atomic E-state index is 8.92. The molecule has 1 aliphatic heterocycles. The van der Waals surface area contributed by atoms with Gasteiger partial charge in [0.25, 0.3) is 0 Å². The molecule has 3 atom stereocenters. The standard InChI is InChI=1S/C10H19N5.2ClH/c1-5-14(3)10-6-9(7-11)13-12-8(2)15(10)4;;/h8-10H,5-6H2,1-4H3;2*1H. The minimum atomic E-state index is -0.309. The van der Waals surface area contributed by atoms with E-state index in [0.717, 1.165) is 13.0 Å². The second-order valence-electron chi connectivity index (χ2n) is 3.96. The molecule has 0 bridgehead atoms. The summed E-state index contributed by atoms with van der Waals surface area (Å²) in [6, 6.07) is 1.87. The molecule has 5 nitrogen and oxygen atoms in total. The lowest BCUT2D eigenvalue weighted by Crippen LogP contribution is -2.48. The van der Waals surface area contributed by atoms with Crippen LogP contribution in [0.25, 0.3) is 0 Å². The lowest BCUT2D eigenvalue weighted by atomic mass is 10.1. The van der Waals surface area contributed by atoms with Crippen molar-refractivity contribution in [2.24, 2.45) is 10.2 Å². The van der Waals surface area contributed by atoms with Crippen LogP contribution in [0.2, 0.25) is 0 Å². The summed E-state index contributed by atoms with van der Waals surface area (Å²) in [7, 11) is 4.09. The smallest absolute Gasteiger partial charge is 0.160 e. The molecule has 0 amide bonds. The maximum Gasteiger partial charge on any atom is 0.160 e. The minimum absolute atomic E-state index is 0. The monoisotopic (exact) mass is 281 g/mol. The van der Waals surface area contributed by atoms with Crippen LogP contribution in [0.4, 0.5) is 0 Å². The first-order valence-corrected chi connectivity index (χ1v) is 5.31. The molecular weight excluding hydrogens is 261 g/mol. The Morgan fingerprint density at radius 2 is 2.00 bits per heavy atom. The molecule has 0 saturated carbocycles. The summed E-state index contributed by atoms with van der Waals surface area (Å²) in [6.45, 7) is 5.07. The fourth-order valence-electron chi connectivity index (χ4n) is 1.70. The minimum Gasteiger partial charge on any atom is -0.291 e. The number of nitriles is 1. The Morgan fingerprint density at radius 1 is 1.41 bits per heavy atom. The number of halogens is 2. The van der Waals surface area contributed by atoms with Crippen molar-refractivity contribution in [3.63, 3.8) is 0 Å². The van der Waals surface area contributed by atoms with Crippen molar-refractivity contribution in [1.82, 2.24) is 9.80 Å². The average molecular weight is 282 g/mol. The summed E-state index contributed by atoms with van der Waals surface area (Å²) in [5.41, 5.74) is 0. The highest BCUT2D eigenvalue weighted by molar-refractivity contribution is 5.85. The highest BCUT2D eigenvalue weighted by Gasteiger charge is 2.28. The largest absolute Gasteiger partial charge is 0.291 e. The van der Waals surface area contributed by atoms with Crippen LogP contribution in [-0.4, -0.2) is 48.8 Å². The molecule has 0 spiro atoms. The molecule has 0 radical (unpaired) electrons. The first kappa shape index (κ1) is 18.9. The highest BCUT2D eigenvalue weighted by Crippen LogP contribution is 2.19. The quantitative estimate of drug-likeness (QED) is 0.779. The van der Waals surface area contributed by atoms with Crippen LogP contribution in [0, 0.1) is 11.3 Å². The lowest BCUT2D eigenvalue weighted by Gasteiger charge is -2.35. The summed E-state index contributed by atoms with van der Waals surface area (Å²) in [5.74, 6) is 0. The van der Waals surface area contributed by atoms with Crippen molar-refractivity contribution >= 4 is 24.8 Å². The molecule has 3 unspecified atom stereocenters. The third-order valence-electron chi connectivity index (χ3n) is 3.02. The van der Waals surface area contributed by atoms with Gasteiger partial charge in [-0.1, -0.05) is 6.92 Å². The van der Waals surface area contributed by atoms with E-state index in [1.165, 1.54) is 0 Å². The summed E-state index contributed by atoms with van der Waals surface area (Å²) in [5, 5.41) is 17.1. The molecule has 1 aliphatic rings. The van der Waals surface area contributed by atoms with E-state index >= 15 is 0 Å². The fraction of sp³-hybridized carbons (Fsp3) is 0.900. The molecule has 0 N–H and O–H groups in total. The molecular formula is C10H21Cl2N5. The van der Waals surface area contributed by atoms with Gasteiger partial charge in [-0.3, -0.25) is 9.80 Å². The Kier molecular flexibility index (Phi) is 9.64. The second kappa shape index (κ2) is 8.65. The van der Waals surface area contributed by atoms with Crippen LogP contribution in [0.5, 0.6) is 0 Å². The lowest BCUT2D eigenvalue weighted by molar-refractivity contribution is 0.0588. The van der Waals surface area contributed by atoms with Crippen molar-refractivity contribution in [2.45, 2.75) is 38.6 Å². The van der Waals surface area contributed by atoms with Crippen molar-refractivity contribution in [3.8, 4) is 6.07 Å². The Bertz CT molecular complexity index is 278. The summed E-state index contributed by atoms with van der Waals surface area (Å²) >= 11 is 0. The second-order valence-corrected chi connectivity index (χ2v) is 3.96. The van der Waals surface area contributed by atoms with Crippen LogP contribution >= 0.6 is 24.8 Å². The van der Waals surface area contributed by atoms with Gasteiger partial charge in [0.05, 0.1) is 12.2 Å². The third kappa shape index (κ3) is 4.76. The van der Waals surface area contributed by atoms with E-state index in [1.54, 1.807) is 0 Å². The van der Waals surface area contributed by atoms with Gasteiger partial charge in [0.15, 0.2) is 6.04 Å². The van der Waals surface area contributed by atoms with Crippen LogP contribution in [0.3, 0.4) is 0 Å². The van der Waals surface area contributed by atoms with E-state index in [0.29, 0.717) is 0 Å². The maximum atomic E-state index is 8.92. The van der Waals surface area contributed by atoms with Crippen LogP contribution in [-0.2, 0) is 0 Å². The van der Waals surface area contributed by atoms with Gasteiger partial charge in [-0.15, -0.1) is 24.8 Å². The van der Waals surface area contributed by atoms with Gasteiger partial charge in [-0.2, -0.15) is 15.5 Å². The normalized spacial score (nSPS) is 28.8. The Morgan fingerprint density at radius 3 is 2.47 bits per heavy atom. The van der Waals surface area contributed by atoms with E-state index in [9.17, 15) is 0 Å². The molecule has 0 fully saturated rings. The highest BCUT2D eigenvalue weighted by atomic mass is 35.5. The van der Waals surface area contributed by atoms with Crippen LogP contribution in [0.1, 0.15) is 20.3 Å². The van der Waals surface area contributed by atoms with Crippen molar-refractivity contribution in [3.05, 3.63) is 0 Å². The zero-order valence-corrected chi connectivity index (χ0v) is 12.3. The van der Waals surface area contributed by atoms with E-state index in [-0.39, 0.29) is 43.2 Å². The van der Waals surface area contributed by atoms with Gasteiger partial charge in [-0.25, -0.2) is 0 Å². The molecule has 1 rings (SSSR count). The zero-order chi connectivity index (χ0) is 11.4. The predicted octanol–water partition coefficient (Wildman–Crippen LogP) is 2.13. The van der Waals surface area contributed by atoms with Crippen LogP contribution < -0.4 is 0 Å². The van der Waals surface area contributed by atoms with Gasteiger partial charge < -0.3 is 0 Å². The SMILES string of the molecule is CCN(C)C1CC(C#N)N=NC(C)N1C.Cl.Cl. The first-order chi connectivity index (χ1) is 7.10. The number of hydrogen-bond acceptors (Lipinski definition) is 5. The van der Waals surface area contributed by atoms with E-state index in [1.807, 2.05) is 14.0 Å². The number of azo groups is 1. The molecule has 0 aromatic heterocycles. The van der Waals surface area contributed by atoms with Gasteiger partial charge in [0, 0.05) is 6.42 Å². The topological polar surface area (TPSA) is 55.0 Å². The van der Waals surface area contributed by atoms with Crippen LogP contribution in [0.15, 0.2) is 10.2 Å². The van der Waals surface area contributed by atoms with Gasteiger partial charge in [0.1, 0.15) is 6.17 Å². The van der Waals surface area contributed by atoms with E-state index in [4.69, 9.17) is 5.26 Å². The van der Waals surface area contributed by atoms with Crippen molar-refractivity contribution < 1.29 is 0 Å². The van der Waals surface area contributed by atoms with E-state index in [2.05, 4.69) is 40.1 Å². The summed E-state index contributed by atoms with van der Waals surface area (Å²) in [4.78, 5) is 4.38. The van der Waals surface area contributed by atoms with Gasteiger partial charge >= 0.3 is 0 Å². The molecule has 100 valence electrons. The Balaban J connectivity index is 0. The zero-order valence-electron chi connectivity index (χ0n) is 10.7. The Labute approximate surface area is 116 Å². The molecule has 0 aromatic rings.